The number of hydrogen-bond acceptors (Lipinski definition) is 6. The Morgan fingerprint density at radius 1 is 1.10 bits per heavy atom. The molecule has 31 heavy (non-hydrogen) atoms. The van der Waals surface area contributed by atoms with Crippen LogP contribution in [0.15, 0.2) is 58.7 Å². The van der Waals surface area contributed by atoms with E-state index in [2.05, 4.69) is 9.97 Å². The van der Waals surface area contributed by atoms with E-state index in [9.17, 15) is 9.18 Å². The summed E-state index contributed by atoms with van der Waals surface area (Å²) >= 11 is 1.36. The maximum Gasteiger partial charge on any atom is 0.299 e. The Hall–Kier alpha value is -3.59. The Morgan fingerprint density at radius 3 is 2.61 bits per heavy atom. The van der Waals surface area contributed by atoms with Crippen LogP contribution in [0.2, 0.25) is 0 Å². The molecule has 0 radical (unpaired) electrons. The molecule has 0 amide bonds. The molecule has 0 unspecified atom stereocenters. The van der Waals surface area contributed by atoms with Gasteiger partial charge < -0.3 is 14.6 Å². The summed E-state index contributed by atoms with van der Waals surface area (Å²) in [6, 6.07) is 9.13. The number of halogens is 1. The number of hydrogen-bond donors (Lipinski definition) is 0. The van der Waals surface area contributed by atoms with Crippen molar-refractivity contribution in [2.75, 3.05) is 13.4 Å². The number of thioether (sulfide) groups is 1. The monoisotopic (exact) mass is 440 g/mol. The molecular weight excluding hydrogens is 421 g/mol. The van der Waals surface area contributed by atoms with E-state index in [0.717, 1.165) is 0 Å². The van der Waals surface area contributed by atoms with Gasteiger partial charge in [-0.25, -0.2) is 9.37 Å². The van der Waals surface area contributed by atoms with Crippen molar-refractivity contribution in [2.45, 2.75) is 5.16 Å². The quantitative estimate of drug-likeness (QED) is 0.264. The van der Waals surface area contributed by atoms with Gasteiger partial charge in [-0.3, -0.25) is 14.3 Å². The third-order valence-corrected chi connectivity index (χ3v) is 5.54. The fourth-order valence-corrected chi connectivity index (χ4v) is 3.71. The average Bonchev–Trinajstić information content (AvgIpc) is 2.76. The van der Waals surface area contributed by atoms with Gasteiger partial charge in [0, 0.05) is 30.9 Å². The number of aromatic nitrogens is 3. The molecular formula is C22H19FN3O4S+. The van der Waals surface area contributed by atoms with E-state index in [1.807, 2.05) is 6.26 Å². The van der Waals surface area contributed by atoms with Gasteiger partial charge in [0.15, 0.2) is 16.7 Å². The van der Waals surface area contributed by atoms with Crippen LogP contribution in [0.25, 0.3) is 22.0 Å². The number of nitrogens with zero attached hydrogens (tertiary/aromatic N) is 3. The number of pyridine rings is 1. The van der Waals surface area contributed by atoms with Gasteiger partial charge in [-0.05, 0) is 30.0 Å². The fourth-order valence-electron chi connectivity index (χ4n) is 3.19. The SMILES string of the molecule is COc1cc2c(Oc3ccc(-c4cnc(SC)n(C)c4=O)cc3F)ccnc2cc1[OH2+]. The predicted octanol–water partition coefficient (Wildman–Crippen LogP) is 4.10. The first-order chi connectivity index (χ1) is 14.9. The summed E-state index contributed by atoms with van der Waals surface area (Å²) in [5.41, 5.74) is 0.980. The van der Waals surface area contributed by atoms with Gasteiger partial charge in [-0.15, -0.1) is 0 Å². The second-order valence-corrected chi connectivity index (χ2v) is 7.42. The summed E-state index contributed by atoms with van der Waals surface area (Å²) in [4.78, 5) is 21.1. The zero-order chi connectivity index (χ0) is 22.1. The third kappa shape index (κ3) is 3.79. The summed E-state index contributed by atoms with van der Waals surface area (Å²) in [6.45, 7) is 0. The van der Waals surface area contributed by atoms with E-state index in [0.29, 0.717) is 38.7 Å². The van der Waals surface area contributed by atoms with E-state index in [-0.39, 0.29) is 17.1 Å². The van der Waals surface area contributed by atoms with E-state index >= 15 is 0 Å². The predicted molar refractivity (Wildman–Crippen MR) is 118 cm³/mol. The lowest BCUT2D eigenvalue weighted by Gasteiger charge is -2.12. The number of methoxy groups -OCH3 is 1. The molecule has 0 fully saturated rings. The first-order valence-corrected chi connectivity index (χ1v) is 10.4. The topological polar surface area (TPSA) is 89.1 Å². The zero-order valence-corrected chi connectivity index (χ0v) is 17.8. The third-order valence-electron chi connectivity index (χ3n) is 4.79. The molecule has 2 aromatic carbocycles. The zero-order valence-electron chi connectivity index (χ0n) is 17.0. The molecule has 2 N–H and O–H groups in total. The molecule has 0 saturated heterocycles. The number of ether oxygens (including phenoxy) is 2. The lowest BCUT2D eigenvalue weighted by Crippen LogP contribution is -2.21. The second kappa shape index (κ2) is 8.27. The summed E-state index contributed by atoms with van der Waals surface area (Å²) in [5, 5.41) is 9.10. The molecule has 0 bridgehead atoms. The van der Waals surface area contributed by atoms with E-state index in [4.69, 9.17) is 14.6 Å². The average molecular weight is 440 g/mol. The largest absolute Gasteiger partial charge is 0.591 e. The molecule has 9 heteroatoms. The van der Waals surface area contributed by atoms with Crippen LogP contribution in [0.3, 0.4) is 0 Å². The van der Waals surface area contributed by atoms with E-state index < -0.39 is 5.82 Å². The standard InChI is InChI=1S/C22H18FN3O4S/c1-26-21(28)14(11-25-22(26)31-3)12-4-5-19(15(23)8-12)30-18-6-7-24-16-10-17(27)20(29-2)9-13(16)18/h4-11,27H,1-3H3/p+1. The smallest absolute Gasteiger partial charge is 0.299 e. The summed E-state index contributed by atoms with van der Waals surface area (Å²) in [7, 11) is 3.10. The first kappa shape index (κ1) is 20.7. The van der Waals surface area contributed by atoms with Gasteiger partial charge in [0.25, 0.3) is 11.3 Å². The summed E-state index contributed by atoms with van der Waals surface area (Å²) in [5.74, 6) is 0.297. The fraction of sp³-hybridized carbons (Fsp3) is 0.136. The van der Waals surface area contributed by atoms with Crippen LogP contribution in [-0.4, -0.2) is 33.0 Å². The minimum absolute atomic E-state index is 0.00400. The number of rotatable bonds is 5. The molecule has 0 aliphatic heterocycles. The Kier molecular flexibility index (Phi) is 5.51. The van der Waals surface area contributed by atoms with Crippen molar-refractivity contribution in [1.82, 2.24) is 14.5 Å². The maximum absolute atomic E-state index is 14.9. The van der Waals surface area contributed by atoms with Crippen LogP contribution >= 0.6 is 11.8 Å². The molecule has 0 aliphatic carbocycles. The van der Waals surface area contributed by atoms with E-state index in [1.54, 1.807) is 31.3 Å². The lowest BCUT2D eigenvalue weighted by atomic mass is 10.1. The normalized spacial score (nSPS) is 11.0. The molecule has 0 saturated carbocycles. The van der Waals surface area contributed by atoms with Crippen LogP contribution in [0, 0.1) is 5.82 Å². The van der Waals surface area contributed by atoms with Gasteiger partial charge in [-0.1, -0.05) is 17.8 Å². The molecule has 7 nitrogen and oxygen atoms in total. The van der Waals surface area contributed by atoms with Crippen molar-refractivity contribution in [3.63, 3.8) is 0 Å². The van der Waals surface area contributed by atoms with Gasteiger partial charge in [0.1, 0.15) is 5.75 Å². The number of fused-ring (bicyclic) bond motifs is 1. The van der Waals surface area contributed by atoms with Gasteiger partial charge in [0.05, 0.1) is 24.3 Å². The molecule has 2 aromatic heterocycles. The highest BCUT2D eigenvalue weighted by molar-refractivity contribution is 7.98. The Bertz CT molecular complexity index is 1360. The molecule has 0 aliphatic rings. The number of benzene rings is 2. The van der Waals surface area contributed by atoms with Crippen LogP contribution < -0.4 is 15.0 Å². The van der Waals surface area contributed by atoms with E-state index in [1.165, 1.54) is 48.0 Å². The highest BCUT2D eigenvalue weighted by atomic mass is 32.2. The van der Waals surface area contributed by atoms with Crippen molar-refractivity contribution in [3.8, 4) is 34.1 Å². The first-order valence-electron chi connectivity index (χ1n) is 9.19. The second-order valence-electron chi connectivity index (χ2n) is 6.65. The molecule has 0 spiro atoms. The van der Waals surface area contributed by atoms with Crippen molar-refractivity contribution in [2.24, 2.45) is 7.05 Å². The molecule has 4 aromatic rings. The van der Waals surface area contributed by atoms with Gasteiger partial charge in [0.2, 0.25) is 5.75 Å². The van der Waals surface area contributed by atoms with Crippen LogP contribution in [0.4, 0.5) is 4.39 Å². The minimum Gasteiger partial charge on any atom is -0.591 e. The highest BCUT2D eigenvalue weighted by Gasteiger charge is 2.16. The minimum atomic E-state index is -0.623. The van der Waals surface area contributed by atoms with Crippen LogP contribution in [-0.2, 0) is 7.05 Å². The van der Waals surface area contributed by atoms with Gasteiger partial charge >= 0.3 is 0 Å². The van der Waals surface area contributed by atoms with Crippen LogP contribution in [0.1, 0.15) is 0 Å². The van der Waals surface area contributed by atoms with Crippen molar-refractivity contribution in [1.29, 1.82) is 0 Å². The highest BCUT2D eigenvalue weighted by Crippen LogP contribution is 2.37. The Morgan fingerprint density at radius 2 is 1.90 bits per heavy atom. The summed E-state index contributed by atoms with van der Waals surface area (Å²) < 4.78 is 27.3. The van der Waals surface area contributed by atoms with Crippen molar-refractivity contribution >= 4 is 22.7 Å². The van der Waals surface area contributed by atoms with Crippen LogP contribution in [0.5, 0.6) is 23.0 Å². The molecule has 0 atom stereocenters. The Balaban J connectivity index is 1.72. The molecule has 158 valence electrons. The van der Waals surface area contributed by atoms with Gasteiger partial charge in [-0.2, -0.15) is 0 Å². The molecule has 2 heterocycles. The van der Waals surface area contributed by atoms with Crippen molar-refractivity contribution in [3.05, 3.63) is 65.0 Å². The summed E-state index contributed by atoms with van der Waals surface area (Å²) in [6.07, 6.45) is 4.81. The van der Waals surface area contributed by atoms with Crippen molar-refractivity contribution < 1.29 is 19.0 Å². The lowest BCUT2D eigenvalue weighted by molar-refractivity contribution is 0.374. The molecule has 4 rings (SSSR count). The maximum atomic E-state index is 14.9. The Labute approximate surface area is 181 Å².